The minimum atomic E-state index is -4.80. The molecular formula is C13H10F3NO3. The van der Waals surface area contributed by atoms with Gasteiger partial charge in [-0.1, -0.05) is 12.1 Å². The molecule has 4 nitrogen and oxygen atoms in total. The lowest BCUT2D eigenvalue weighted by atomic mass is 10.3. The van der Waals surface area contributed by atoms with Crippen molar-refractivity contribution in [3.05, 3.63) is 48.2 Å². The summed E-state index contributed by atoms with van der Waals surface area (Å²) in [7, 11) is 0. The molecule has 1 aromatic heterocycles. The van der Waals surface area contributed by atoms with Crippen molar-refractivity contribution in [2.24, 2.45) is 0 Å². The highest BCUT2D eigenvalue weighted by atomic mass is 19.4. The van der Waals surface area contributed by atoms with Gasteiger partial charge in [0, 0.05) is 12.3 Å². The topological polar surface area (TPSA) is 51.6 Å². The number of nitrogens with zero attached hydrogens (tertiary/aromatic N) is 1. The Bertz CT molecular complexity index is 570. The van der Waals surface area contributed by atoms with Crippen LogP contribution in [-0.2, 0) is 6.61 Å². The summed E-state index contributed by atoms with van der Waals surface area (Å²) in [5, 5.41) is 8.86. The van der Waals surface area contributed by atoms with Crippen molar-refractivity contribution >= 4 is 0 Å². The van der Waals surface area contributed by atoms with Crippen molar-refractivity contribution in [1.82, 2.24) is 4.98 Å². The van der Waals surface area contributed by atoms with Crippen LogP contribution in [0.3, 0.4) is 0 Å². The highest BCUT2D eigenvalue weighted by molar-refractivity contribution is 5.41. The lowest BCUT2D eigenvalue weighted by Crippen LogP contribution is -2.17. The van der Waals surface area contributed by atoms with E-state index in [4.69, 9.17) is 9.84 Å². The molecule has 0 aliphatic heterocycles. The summed E-state index contributed by atoms with van der Waals surface area (Å²) in [5.74, 6) is -0.456. The molecule has 2 rings (SSSR count). The number of halogens is 3. The maximum absolute atomic E-state index is 12.2. The van der Waals surface area contributed by atoms with Gasteiger partial charge in [0.1, 0.15) is 0 Å². The number of hydrogen-bond acceptors (Lipinski definition) is 4. The number of pyridine rings is 1. The Balaban J connectivity index is 2.19. The van der Waals surface area contributed by atoms with Gasteiger partial charge >= 0.3 is 6.36 Å². The average molecular weight is 285 g/mol. The van der Waals surface area contributed by atoms with E-state index in [9.17, 15) is 13.2 Å². The summed E-state index contributed by atoms with van der Waals surface area (Å²) in [5.41, 5.74) is 0.567. The number of alkyl halides is 3. The van der Waals surface area contributed by atoms with Crippen LogP contribution in [0.5, 0.6) is 17.4 Å². The van der Waals surface area contributed by atoms with Crippen LogP contribution in [0.2, 0.25) is 0 Å². The van der Waals surface area contributed by atoms with Gasteiger partial charge in [0.15, 0.2) is 11.5 Å². The zero-order chi connectivity index (χ0) is 14.6. The fourth-order valence-corrected chi connectivity index (χ4v) is 1.42. The Labute approximate surface area is 112 Å². The molecule has 2 aromatic rings. The first-order chi connectivity index (χ1) is 9.48. The summed E-state index contributed by atoms with van der Waals surface area (Å²) in [6.07, 6.45) is -3.43. The first kappa shape index (κ1) is 14.1. The standard InChI is InChI=1S/C13H10F3NO3/c14-13(15,16)20-11-4-2-1-3-10(11)19-12-6-5-9(8-18)7-17-12/h1-7,18H,8H2. The van der Waals surface area contributed by atoms with Crippen LogP contribution in [0.1, 0.15) is 5.56 Å². The van der Waals surface area contributed by atoms with Gasteiger partial charge in [-0.05, 0) is 23.8 Å². The average Bonchev–Trinajstić information content (AvgIpc) is 2.40. The number of benzene rings is 1. The summed E-state index contributed by atoms with van der Waals surface area (Å²) >= 11 is 0. The highest BCUT2D eigenvalue weighted by Gasteiger charge is 2.32. The molecule has 1 N–H and O–H groups in total. The largest absolute Gasteiger partial charge is 0.573 e. The van der Waals surface area contributed by atoms with Crippen LogP contribution in [0.4, 0.5) is 13.2 Å². The van der Waals surface area contributed by atoms with Gasteiger partial charge in [-0.2, -0.15) is 0 Å². The molecule has 0 unspecified atom stereocenters. The molecule has 0 saturated heterocycles. The van der Waals surface area contributed by atoms with Gasteiger partial charge in [-0.3, -0.25) is 0 Å². The maximum atomic E-state index is 12.2. The minimum Gasteiger partial charge on any atom is -0.435 e. The van der Waals surface area contributed by atoms with Crippen molar-refractivity contribution < 1.29 is 27.8 Å². The van der Waals surface area contributed by atoms with E-state index in [-0.39, 0.29) is 18.2 Å². The smallest absolute Gasteiger partial charge is 0.435 e. The highest BCUT2D eigenvalue weighted by Crippen LogP contribution is 2.34. The van der Waals surface area contributed by atoms with E-state index in [1.165, 1.54) is 30.5 Å². The molecule has 0 radical (unpaired) electrons. The van der Waals surface area contributed by atoms with E-state index in [2.05, 4.69) is 9.72 Å². The number of ether oxygens (including phenoxy) is 2. The molecular weight excluding hydrogens is 275 g/mol. The van der Waals surface area contributed by atoms with Crippen LogP contribution in [0, 0.1) is 0 Å². The van der Waals surface area contributed by atoms with Gasteiger partial charge in [0.05, 0.1) is 6.61 Å². The van der Waals surface area contributed by atoms with E-state index in [0.717, 1.165) is 6.07 Å². The molecule has 0 fully saturated rings. The fourth-order valence-electron chi connectivity index (χ4n) is 1.42. The van der Waals surface area contributed by atoms with Crippen molar-refractivity contribution in [2.75, 3.05) is 0 Å². The number of para-hydroxylation sites is 2. The van der Waals surface area contributed by atoms with Crippen LogP contribution in [0.15, 0.2) is 42.6 Å². The normalized spacial score (nSPS) is 11.2. The molecule has 0 aliphatic rings. The third-order valence-corrected chi connectivity index (χ3v) is 2.27. The van der Waals surface area contributed by atoms with Crippen LogP contribution in [-0.4, -0.2) is 16.5 Å². The SMILES string of the molecule is OCc1ccc(Oc2ccccc2OC(F)(F)F)nc1. The Morgan fingerprint density at radius 2 is 1.75 bits per heavy atom. The molecule has 0 spiro atoms. The zero-order valence-electron chi connectivity index (χ0n) is 10.1. The van der Waals surface area contributed by atoms with Gasteiger partial charge in [0.2, 0.25) is 5.88 Å². The third-order valence-electron chi connectivity index (χ3n) is 2.27. The second-order valence-corrected chi connectivity index (χ2v) is 3.76. The summed E-state index contributed by atoms with van der Waals surface area (Å²) in [6, 6.07) is 8.38. The number of hydrogen-bond donors (Lipinski definition) is 1. The quantitative estimate of drug-likeness (QED) is 0.936. The van der Waals surface area contributed by atoms with Crippen molar-refractivity contribution in [3.63, 3.8) is 0 Å². The maximum Gasteiger partial charge on any atom is 0.573 e. The summed E-state index contributed by atoms with van der Waals surface area (Å²) in [4.78, 5) is 3.86. The third kappa shape index (κ3) is 3.86. The summed E-state index contributed by atoms with van der Waals surface area (Å²) < 4.78 is 45.8. The molecule has 20 heavy (non-hydrogen) atoms. The van der Waals surface area contributed by atoms with Crippen molar-refractivity contribution in [3.8, 4) is 17.4 Å². The van der Waals surface area contributed by atoms with Crippen LogP contribution in [0.25, 0.3) is 0 Å². The Morgan fingerprint density at radius 3 is 2.30 bits per heavy atom. The molecule has 0 bridgehead atoms. The predicted octanol–water partition coefficient (Wildman–Crippen LogP) is 3.26. The lowest BCUT2D eigenvalue weighted by Gasteiger charge is -2.13. The van der Waals surface area contributed by atoms with Crippen molar-refractivity contribution in [2.45, 2.75) is 13.0 Å². The van der Waals surface area contributed by atoms with E-state index in [1.54, 1.807) is 6.07 Å². The van der Waals surface area contributed by atoms with E-state index in [1.807, 2.05) is 0 Å². The number of aromatic nitrogens is 1. The molecule has 106 valence electrons. The van der Waals surface area contributed by atoms with Crippen LogP contribution >= 0.6 is 0 Å². The molecule has 7 heteroatoms. The lowest BCUT2D eigenvalue weighted by molar-refractivity contribution is -0.275. The van der Waals surface area contributed by atoms with E-state index in [0.29, 0.717) is 5.56 Å². The molecule has 0 saturated carbocycles. The van der Waals surface area contributed by atoms with Gasteiger partial charge in [0.25, 0.3) is 0 Å². The molecule has 1 heterocycles. The first-order valence-electron chi connectivity index (χ1n) is 5.56. The molecule has 1 aromatic carbocycles. The Kier molecular flexibility index (Phi) is 4.09. The molecule has 0 aliphatic carbocycles. The fraction of sp³-hybridized carbons (Fsp3) is 0.154. The molecule has 0 atom stereocenters. The number of aliphatic hydroxyl groups is 1. The van der Waals surface area contributed by atoms with E-state index >= 15 is 0 Å². The van der Waals surface area contributed by atoms with E-state index < -0.39 is 12.1 Å². The number of aliphatic hydroxyl groups excluding tert-OH is 1. The van der Waals surface area contributed by atoms with Gasteiger partial charge in [-0.25, -0.2) is 4.98 Å². The first-order valence-corrected chi connectivity index (χ1v) is 5.56. The summed E-state index contributed by atoms with van der Waals surface area (Å²) in [6.45, 7) is -0.180. The monoisotopic (exact) mass is 285 g/mol. The van der Waals surface area contributed by atoms with Crippen molar-refractivity contribution in [1.29, 1.82) is 0 Å². The zero-order valence-corrected chi connectivity index (χ0v) is 10.1. The Hall–Kier alpha value is -2.28. The Morgan fingerprint density at radius 1 is 1.05 bits per heavy atom. The predicted molar refractivity (Wildman–Crippen MR) is 63.4 cm³/mol. The minimum absolute atomic E-state index is 0.0976. The molecule has 0 amide bonds. The van der Waals surface area contributed by atoms with Gasteiger partial charge in [-0.15, -0.1) is 13.2 Å². The second-order valence-electron chi connectivity index (χ2n) is 3.76. The number of rotatable bonds is 4. The second kappa shape index (κ2) is 5.79. The van der Waals surface area contributed by atoms with Gasteiger partial charge < -0.3 is 14.6 Å². The van der Waals surface area contributed by atoms with Crippen LogP contribution < -0.4 is 9.47 Å².